The molecule has 0 atom stereocenters. The summed E-state index contributed by atoms with van der Waals surface area (Å²) in [5, 5.41) is 0. The van der Waals surface area contributed by atoms with Crippen molar-refractivity contribution in [3.05, 3.63) is 71.8 Å². The third-order valence-electron chi connectivity index (χ3n) is 4.73. The summed E-state index contributed by atoms with van der Waals surface area (Å²) in [5.41, 5.74) is 8.00. The molecule has 2 aromatic carbocycles. The number of carbonyl (C=O) groups excluding carboxylic acids is 1. The zero-order valence-corrected chi connectivity index (χ0v) is 13.4. The van der Waals surface area contributed by atoms with Crippen LogP contribution < -0.4 is 5.73 Å². The Morgan fingerprint density at radius 3 is 1.87 bits per heavy atom. The molecule has 2 N–H and O–H groups in total. The van der Waals surface area contributed by atoms with Gasteiger partial charge in [-0.1, -0.05) is 60.7 Å². The van der Waals surface area contributed by atoms with E-state index in [2.05, 4.69) is 65.6 Å². The van der Waals surface area contributed by atoms with Crippen molar-refractivity contribution in [3.8, 4) is 0 Å². The Morgan fingerprint density at radius 1 is 0.957 bits per heavy atom. The van der Waals surface area contributed by atoms with Crippen LogP contribution in [-0.2, 0) is 4.79 Å². The molecule has 2 aromatic rings. The van der Waals surface area contributed by atoms with Gasteiger partial charge in [-0.25, -0.2) is 0 Å². The second kappa shape index (κ2) is 7.42. The fourth-order valence-corrected chi connectivity index (χ4v) is 3.58. The van der Waals surface area contributed by atoms with Crippen LogP contribution in [-0.4, -0.2) is 23.9 Å². The molecular weight excluding hydrogens is 284 g/mol. The lowest BCUT2D eigenvalue weighted by molar-refractivity contribution is -0.119. The van der Waals surface area contributed by atoms with Crippen molar-refractivity contribution in [1.82, 2.24) is 4.90 Å². The molecule has 0 unspecified atom stereocenters. The Morgan fingerprint density at radius 2 is 1.43 bits per heavy atom. The van der Waals surface area contributed by atoms with Crippen molar-refractivity contribution in [2.75, 3.05) is 13.1 Å². The SMILES string of the molecule is NC(=O)CC1CCN(C(c2ccccc2)c2ccccc2)CC1. The maximum atomic E-state index is 11.1. The van der Waals surface area contributed by atoms with E-state index >= 15 is 0 Å². The maximum absolute atomic E-state index is 11.1. The summed E-state index contributed by atoms with van der Waals surface area (Å²) in [7, 11) is 0. The molecule has 0 bridgehead atoms. The first-order valence-electron chi connectivity index (χ1n) is 8.36. The summed E-state index contributed by atoms with van der Waals surface area (Å²) in [4.78, 5) is 13.7. The minimum Gasteiger partial charge on any atom is -0.370 e. The van der Waals surface area contributed by atoms with Crippen LogP contribution in [0.15, 0.2) is 60.7 Å². The van der Waals surface area contributed by atoms with Crippen molar-refractivity contribution in [1.29, 1.82) is 0 Å². The molecule has 1 saturated heterocycles. The minimum absolute atomic E-state index is 0.175. The van der Waals surface area contributed by atoms with Gasteiger partial charge < -0.3 is 5.73 Å². The fourth-order valence-electron chi connectivity index (χ4n) is 3.58. The minimum atomic E-state index is -0.175. The van der Waals surface area contributed by atoms with E-state index in [1.165, 1.54) is 11.1 Å². The van der Waals surface area contributed by atoms with Gasteiger partial charge in [-0.2, -0.15) is 0 Å². The van der Waals surface area contributed by atoms with Crippen LogP contribution in [0.2, 0.25) is 0 Å². The molecule has 1 amide bonds. The normalized spacial score (nSPS) is 16.6. The number of hydrogen-bond donors (Lipinski definition) is 1. The highest BCUT2D eigenvalue weighted by molar-refractivity contribution is 5.74. The number of hydrogen-bond acceptors (Lipinski definition) is 2. The maximum Gasteiger partial charge on any atom is 0.217 e. The molecule has 1 fully saturated rings. The summed E-state index contributed by atoms with van der Waals surface area (Å²) in [6.45, 7) is 2.01. The van der Waals surface area contributed by atoms with Crippen LogP contribution in [0, 0.1) is 5.92 Å². The van der Waals surface area contributed by atoms with Gasteiger partial charge >= 0.3 is 0 Å². The van der Waals surface area contributed by atoms with Crippen molar-refractivity contribution < 1.29 is 4.79 Å². The zero-order chi connectivity index (χ0) is 16.1. The third-order valence-corrected chi connectivity index (χ3v) is 4.73. The second-order valence-electron chi connectivity index (χ2n) is 6.37. The van der Waals surface area contributed by atoms with Crippen LogP contribution >= 0.6 is 0 Å². The summed E-state index contributed by atoms with van der Waals surface area (Å²) < 4.78 is 0. The molecule has 3 heteroatoms. The number of nitrogens with two attached hydrogens (primary N) is 1. The van der Waals surface area contributed by atoms with E-state index in [9.17, 15) is 4.79 Å². The molecule has 23 heavy (non-hydrogen) atoms. The zero-order valence-electron chi connectivity index (χ0n) is 13.4. The Kier molecular flexibility index (Phi) is 5.09. The number of primary amides is 1. The number of rotatable bonds is 5. The van der Waals surface area contributed by atoms with Gasteiger partial charge in [0.05, 0.1) is 6.04 Å². The van der Waals surface area contributed by atoms with Crippen LogP contribution in [0.1, 0.15) is 36.4 Å². The molecule has 120 valence electrons. The van der Waals surface area contributed by atoms with Crippen LogP contribution in [0.5, 0.6) is 0 Å². The van der Waals surface area contributed by atoms with Crippen molar-refractivity contribution in [2.24, 2.45) is 11.7 Å². The van der Waals surface area contributed by atoms with E-state index in [0.29, 0.717) is 12.3 Å². The van der Waals surface area contributed by atoms with Gasteiger partial charge in [0.25, 0.3) is 0 Å². The Bertz CT molecular complexity index is 579. The summed E-state index contributed by atoms with van der Waals surface area (Å²) in [6.07, 6.45) is 2.60. The predicted molar refractivity (Wildman–Crippen MR) is 92.8 cm³/mol. The van der Waals surface area contributed by atoms with E-state index < -0.39 is 0 Å². The Labute approximate surface area is 138 Å². The lowest BCUT2D eigenvalue weighted by Gasteiger charge is -2.38. The van der Waals surface area contributed by atoms with E-state index in [1.807, 2.05) is 0 Å². The summed E-state index contributed by atoms with van der Waals surface area (Å²) in [5.74, 6) is 0.266. The lowest BCUT2D eigenvalue weighted by atomic mass is 9.89. The molecular formula is C20H24N2O. The predicted octanol–water partition coefficient (Wildman–Crippen LogP) is 3.36. The van der Waals surface area contributed by atoms with E-state index in [-0.39, 0.29) is 11.9 Å². The van der Waals surface area contributed by atoms with E-state index in [4.69, 9.17) is 5.73 Å². The lowest BCUT2D eigenvalue weighted by Crippen LogP contribution is -2.38. The average molecular weight is 308 g/mol. The molecule has 1 aliphatic rings. The molecule has 1 heterocycles. The highest BCUT2D eigenvalue weighted by Gasteiger charge is 2.27. The summed E-state index contributed by atoms with van der Waals surface area (Å²) in [6, 6.07) is 21.6. The van der Waals surface area contributed by atoms with E-state index in [0.717, 1.165) is 25.9 Å². The van der Waals surface area contributed by atoms with Crippen molar-refractivity contribution in [3.63, 3.8) is 0 Å². The van der Waals surface area contributed by atoms with Crippen molar-refractivity contribution >= 4 is 5.91 Å². The largest absolute Gasteiger partial charge is 0.370 e. The number of likely N-dealkylation sites (tertiary alicyclic amines) is 1. The van der Waals surface area contributed by atoms with Crippen molar-refractivity contribution in [2.45, 2.75) is 25.3 Å². The molecule has 0 aliphatic carbocycles. The molecule has 0 aromatic heterocycles. The average Bonchev–Trinajstić information content (AvgIpc) is 2.58. The van der Waals surface area contributed by atoms with Crippen LogP contribution in [0.4, 0.5) is 0 Å². The molecule has 3 nitrogen and oxygen atoms in total. The number of piperidine rings is 1. The number of nitrogens with zero attached hydrogens (tertiary/aromatic N) is 1. The number of carbonyl (C=O) groups is 1. The fraction of sp³-hybridized carbons (Fsp3) is 0.350. The van der Waals surface area contributed by atoms with Gasteiger partial charge in [0.1, 0.15) is 0 Å². The first-order chi connectivity index (χ1) is 11.2. The molecule has 0 radical (unpaired) electrons. The number of amides is 1. The van der Waals surface area contributed by atoms with Gasteiger partial charge in [0.2, 0.25) is 5.91 Å². The molecule has 0 saturated carbocycles. The molecule has 1 aliphatic heterocycles. The van der Waals surface area contributed by atoms with Crippen LogP contribution in [0.3, 0.4) is 0 Å². The second-order valence-corrected chi connectivity index (χ2v) is 6.37. The quantitative estimate of drug-likeness (QED) is 0.920. The van der Waals surface area contributed by atoms with Gasteiger partial charge in [-0.05, 0) is 43.0 Å². The Balaban J connectivity index is 1.79. The Hall–Kier alpha value is -2.13. The van der Waals surface area contributed by atoms with Gasteiger partial charge in [-0.3, -0.25) is 9.69 Å². The van der Waals surface area contributed by atoms with Gasteiger partial charge in [0.15, 0.2) is 0 Å². The van der Waals surface area contributed by atoms with E-state index in [1.54, 1.807) is 0 Å². The first kappa shape index (κ1) is 15.8. The van der Waals surface area contributed by atoms with Gasteiger partial charge in [0, 0.05) is 6.42 Å². The molecule has 3 rings (SSSR count). The standard InChI is InChI=1S/C20H24N2O/c21-19(23)15-16-11-13-22(14-12-16)20(17-7-3-1-4-8-17)18-9-5-2-6-10-18/h1-10,16,20H,11-15H2,(H2,21,23). The monoisotopic (exact) mass is 308 g/mol. The van der Waals surface area contributed by atoms with Crippen LogP contribution in [0.25, 0.3) is 0 Å². The highest BCUT2D eigenvalue weighted by atomic mass is 16.1. The van der Waals surface area contributed by atoms with Gasteiger partial charge in [-0.15, -0.1) is 0 Å². The highest BCUT2D eigenvalue weighted by Crippen LogP contribution is 2.32. The smallest absolute Gasteiger partial charge is 0.217 e. The first-order valence-corrected chi connectivity index (χ1v) is 8.36. The third kappa shape index (κ3) is 3.99. The topological polar surface area (TPSA) is 46.3 Å². The summed E-state index contributed by atoms with van der Waals surface area (Å²) >= 11 is 0. The molecule has 0 spiro atoms. The number of benzene rings is 2.